The quantitative estimate of drug-likeness (QED) is 0.706. The summed E-state index contributed by atoms with van der Waals surface area (Å²) in [6.45, 7) is 0. The molecule has 2 nitrogen and oxygen atoms in total. The predicted octanol–water partition coefficient (Wildman–Crippen LogP) is 1.88. The number of benzene rings is 1. The SMILES string of the molecule is CS(=O)(=O)c1ccc(Cl)cc1F. The maximum atomic E-state index is 12.9. The van der Waals surface area contributed by atoms with E-state index in [9.17, 15) is 12.8 Å². The third-order valence-corrected chi connectivity index (χ3v) is 2.66. The Morgan fingerprint density at radius 1 is 1.42 bits per heavy atom. The van der Waals surface area contributed by atoms with Crippen LogP contribution in [0.5, 0.6) is 0 Å². The Morgan fingerprint density at radius 2 is 2.00 bits per heavy atom. The van der Waals surface area contributed by atoms with Crippen LogP contribution in [0.2, 0.25) is 5.02 Å². The number of sulfone groups is 1. The number of rotatable bonds is 1. The van der Waals surface area contributed by atoms with E-state index in [1.54, 1.807) is 0 Å². The first-order valence-electron chi connectivity index (χ1n) is 3.06. The Hall–Kier alpha value is -0.610. The van der Waals surface area contributed by atoms with Gasteiger partial charge in [0.2, 0.25) is 0 Å². The van der Waals surface area contributed by atoms with Crippen LogP contribution in [0.3, 0.4) is 0 Å². The van der Waals surface area contributed by atoms with Gasteiger partial charge in [0.1, 0.15) is 10.7 Å². The molecule has 0 aliphatic heterocycles. The molecular formula is C7H6ClFO2S. The van der Waals surface area contributed by atoms with Gasteiger partial charge in [-0.2, -0.15) is 0 Å². The Bertz CT molecular complexity index is 400. The van der Waals surface area contributed by atoms with Crippen LogP contribution in [-0.4, -0.2) is 14.7 Å². The van der Waals surface area contributed by atoms with Crippen LogP contribution in [0, 0.1) is 5.82 Å². The van der Waals surface area contributed by atoms with Crippen molar-refractivity contribution in [1.29, 1.82) is 0 Å². The molecule has 1 rings (SSSR count). The molecule has 1 aromatic rings. The van der Waals surface area contributed by atoms with E-state index in [2.05, 4.69) is 0 Å². The van der Waals surface area contributed by atoms with Crippen LogP contribution in [-0.2, 0) is 9.84 Å². The smallest absolute Gasteiger partial charge is 0.178 e. The van der Waals surface area contributed by atoms with E-state index >= 15 is 0 Å². The average molecular weight is 209 g/mol. The van der Waals surface area contributed by atoms with Crippen molar-refractivity contribution in [3.63, 3.8) is 0 Å². The normalized spacial score (nSPS) is 11.6. The Labute approximate surface area is 74.9 Å². The molecule has 0 heterocycles. The second kappa shape index (κ2) is 3.03. The minimum atomic E-state index is -3.48. The summed E-state index contributed by atoms with van der Waals surface area (Å²) in [7, 11) is -3.48. The maximum Gasteiger partial charge on any atom is 0.178 e. The Balaban J connectivity index is 3.39. The fourth-order valence-electron chi connectivity index (χ4n) is 0.776. The lowest BCUT2D eigenvalue weighted by Crippen LogP contribution is -1.99. The number of hydrogen-bond donors (Lipinski definition) is 0. The second-order valence-corrected chi connectivity index (χ2v) is 4.77. The summed E-state index contributed by atoms with van der Waals surface area (Å²) < 4.78 is 34.6. The highest BCUT2D eigenvalue weighted by Gasteiger charge is 2.12. The van der Waals surface area contributed by atoms with Gasteiger partial charge < -0.3 is 0 Å². The topological polar surface area (TPSA) is 34.1 Å². The third-order valence-electron chi connectivity index (χ3n) is 1.29. The van der Waals surface area contributed by atoms with Crippen molar-refractivity contribution < 1.29 is 12.8 Å². The highest BCUT2D eigenvalue weighted by Crippen LogP contribution is 2.18. The summed E-state index contributed by atoms with van der Waals surface area (Å²) in [5, 5.41) is 0.180. The fourth-order valence-corrected chi connectivity index (χ4v) is 1.66. The van der Waals surface area contributed by atoms with Crippen LogP contribution >= 0.6 is 11.6 Å². The zero-order chi connectivity index (χ0) is 9.35. The van der Waals surface area contributed by atoms with E-state index in [4.69, 9.17) is 11.6 Å². The molecule has 1 aromatic carbocycles. The van der Waals surface area contributed by atoms with Crippen molar-refractivity contribution in [2.75, 3.05) is 6.26 Å². The largest absolute Gasteiger partial charge is 0.224 e. The molecule has 0 bridgehead atoms. The lowest BCUT2D eigenvalue weighted by atomic mass is 10.3. The van der Waals surface area contributed by atoms with Gasteiger partial charge in [0.15, 0.2) is 9.84 Å². The Morgan fingerprint density at radius 3 is 2.42 bits per heavy atom. The zero-order valence-electron chi connectivity index (χ0n) is 6.21. The summed E-state index contributed by atoms with van der Waals surface area (Å²) in [6.07, 6.45) is 0.944. The van der Waals surface area contributed by atoms with Crippen molar-refractivity contribution in [2.24, 2.45) is 0 Å². The van der Waals surface area contributed by atoms with E-state index in [0.717, 1.165) is 18.4 Å². The monoisotopic (exact) mass is 208 g/mol. The van der Waals surface area contributed by atoms with Gasteiger partial charge in [0, 0.05) is 11.3 Å². The van der Waals surface area contributed by atoms with Crippen molar-refractivity contribution >= 4 is 21.4 Å². The molecule has 66 valence electrons. The van der Waals surface area contributed by atoms with E-state index in [1.165, 1.54) is 6.07 Å². The minimum Gasteiger partial charge on any atom is -0.224 e. The highest BCUT2D eigenvalue weighted by atomic mass is 35.5. The van der Waals surface area contributed by atoms with Crippen molar-refractivity contribution in [2.45, 2.75) is 4.90 Å². The van der Waals surface area contributed by atoms with E-state index < -0.39 is 15.7 Å². The molecule has 0 aliphatic rings. The summed E-state index contributed by atoms with van der Waals surface area (Å²) in [6, 6.07) is 3.45. The van der Waals surface area contributed by atoms with Crippen molar-refractivity contribution in [3.8, 4) is 0 Å². The van der Waals surface area contributed by atoms with Gasteiger partial charge >= 0.3 is 0 Å². The van der Waals surface area contributed by atoms with E-state index in [-0.39, 0.29) is 9.92 Å². The minimum absolute atomic E-state index is 0.180. The van der Waals surface area contributed by atoms with Gasteiger partial charge in [-0.25, -0.2) is 12.8 Å². The first-order valence-corrected chi connectivity index (χ1v) is 5.33. The van der Waals surface area contributed by atoms with Crippen LogP contribution in [0.1, 0.15) is 0 Å². The summed E-state index contributed by atoms with van der Waals surface area (Å²) in [5.41, 5.74) is 0. The molecule has 12 heavy (non-hydrogen) atoms. The van der Waals surface area contributed by atoms with E-state index in [1.807, 2.05) is 0 Å². The number of halogens is 2. The molecule has 0 saturated heterocycles. The lowest BCUT2D eigenvalue weighted by Gasteiger charge is -1.99. The fraction of sp³-hybridized carbons (Fsp3) is 0.143. The highest BCUT2D eigenvalue weighted by molar-refractivity contribution is 7.90. The summed E-state index contributed by atoms with van der Waals surface area (Å²) in [5.74, 6) is -0.815. The molecule has 0 radical (unpaired) electrons. The number of hydrogen-bond acceptors (Lipinski definition) is 2. The molecule has 0 N–H and O–H groups in total. The standard InChI is InChI=1S/C7H6ClFO2S/c1-12(10,11)7-3-2-5(8)4-6(7)9/h2-4H,1H3. The van der Waals surface area contributed by atoms with Crippen LogP contribution < -0.4 is 0 Å². The first kappa shape index (κ1) is 9.48. The lowest BCUT2D eigenvalue weighted by molar-refractivity contribution is 0.571. The van der Waals surface area contributed by atoms with Crippen molar-refractivity contribution in [1.82, 2.24) is 0 Å². The molecule has 0 aliphatic carbocycles. The maximum absolute atomic E-state index is 12.9. The summed E-state index contributed by atoms with van der Waals surface area (Å²) in [4.78, 5) is -0.327. The molecule has 0 spiro atoms. The molecule has 0 amide bonds. The molecule has 0 aromatic heterocycles. The molecule has 0 fully saturated rings. The van der Waals surface area contributed by atoms with Crippen LogP contribution in [0.15, 0.2) is 23.1 Å². The average Bonchev–Trinajstić information content (AvgIpc) is 1.83. The molecule has 5 heteroatoms. The van der Waals surface area contributed by atoms with Crippen LogP contribution in [0.4, 0.5) is 4.39 Å². The molecule has 0 unspecified atom stereocenters. The van der Waals surface area contributed by atoms with Gasteiger partial charge in [-0.1, -0.05) is 11.6 Å². The van der Waals surface area contributed by atoms with Gasteiger partial charge in [0.05, 0.1) is 0 Å². The zero-order valence-corrected chi connectivity index (χ0v) is 7.79. The summed E-state index contributed by atoms with van der Waals surface area (Å²) >= 11 is 5.43. The second-order valence-electron chi connectivity index (χ2n) is 2.35. The third kappa shape index (κ3) is 1.95. The van der Waals surface area contributed by atoms with Crippen molar-refractivity contribution in [3.05, 3.63) is 29.0 Å². The van der Waals surface area contributed by atoms with Gasteiger partial charge in [-0.3, -0.25) is 0 Å². The van der Waals surface area contributed by atoms with Crippen LogP contribution in [0.25, 0.3) is 0 Å². The van der Waals surface area contributed by atoms with E-state index in [0.29, 0.717) is 0 Å². The van der Waals surface area contributed by atoms with Gasteiger partial charge in [-0.05, 0) is 18.2 Å². The molecular weight excluding hydrogens is 203 g/mol. The molecule has 0 saturated carbocycles. The van der Waals surface area contributed by atoms with Gasteiger partial charge in [0.25, 0.3) is 0 Å². The van der Waals surface area contributed by atoms with Gasteiger partial charge in [-0.15, -0.1) is 0 Å². The molecule has 0 atom stereocenters. The predicted molar refractivity (Wildman–Crippen MR) is 44.5 cm³/mol. The first-order chi connectivity index (χ1) is 5.41. The Kier molecular flexibility index (Phi) is 2.39.